The Morgan fingerprint density at radius 2 is 1.73 bits per heavy atom. The van der Waals surface area contributed by atoms with Crippen LogP contribution in [0.4, 0.5) is 11.4 Å². The van der Waals surface area contributed by atoms with E-state index in [0.717, 1.165) is 0 Å². The van der Waals surface area contributed by atoms with Gasteiger partial charge in [0.2, 0.25) is 0 Å². The van der Waals surface area contributed by atoms with Crippen molar-refractivity contribution >= 4 is 40.8 Å². The van der Waals surface area contributed by atoms with E-state index in [-0.39, 0.29) is 5.69 Å². The van der Waals surface area contributed by atoms with Gasteiger partial charge in [-0.05, 0) is 48.5 Å². The summed E-state index contributed by atoms with van der Waals surface area (Å²) in [6.45, 7) is 0. The molecule has 0 saturated heterocycles. The Bertz CT molecular complexity index is 973. The second-order valence-electron chi connectivity index (χ2n) is 5.27. The Hall–Kier alpha value is -2.89. The molecule has 0 radical (unpaired) electrons. The Morgan fingerprint density at radius 3 is 2.42 bits per heavy atom. The number of ether oxygens (including phenoxy) is 1. The summed E-state index contributed by atoms with van der Waals surface area (Å²) in [6.07, 6.45) is 1.49. The summed E-state index contributed by atoms with van der Waals surface area (Å²) in [7, 11) is 0. The van der Waals surface area contributed by atoms with Gasteiger partial charge in [0.25, 0.3) is 5.69 Å². The summed E-state index contributed by atoms with van der Waals surface area (Å²) < 4.78 is 5.71. The molecule has 0 aliphatic carbocycles. The number of rotatable bonds is 5. The van der Waals surface area contributed by atoms with Gasteiger partial charge in [0.1, 0.15) is 11.5 Å². The number of benzene rings is 3. The fraction of sp³-hybridized carbons (Fsp3) is 0. The van der Waals surface area contributed by atoms with Gasteiger partial charge in [0.05, 0.1) is 10.6 Å². The number of nitrogens with zero attached hydrogens (tertiary/aromatic N) is 2. The van der Waals surface area contributed by atoms with E-state index in [1.807, 2.05) is 6.07 Å². The van der Waals surface area contributed by atoms with Gasteiger partial charge in [0.15, 0.2) is 0 Å². The summed E-state index contributed by atoms with van der Waals surface area (Å²) >= 11 is 12.0. The predicted molar refractivity (Wildman–Crippen MR) is 103 cm³/mol. The highest BCUT2D eigenvalue weighted by molar-refractivity contribution is 6.33. The average Bonchev–Trinajstić information content (AvgIpc) is 2.62. The highest BCUT2D eigenvalue weighted by atomic mass is 35.5. The molecule has 0 heterocycles. The van der Waals surface area contributed by atoms with Gasteiger partial charge in [-0.1, -0.05) is 29.3 Å². The smallest absolute Gasteiger partial charge is 0.270 e. The SMILES string of the molecule is O=[N+]([O-])c1ccc(Cl)c(C=Nc2ccc(Oc3cccc(Cl)c3)cc2)c1. The second-order valence-corrected chi connectivity index (χ2v) is 6.12. The summed E-state index contributed by atoms with van der Waals surface area (Å²) in [5, 5.41) is 11.8. The van der Waals surface area contributed by atoms with Gasteiger partial charge in [-0.2, -0.15) is 0 Å². The minimum Gasteiger partial charge on any atom is -0.457 e. The largest absolute Gasteiger partial charge is 0.457 e. The third-order valence-corrected chi connectivity index (χ3v) is 3.99. The molecule has 0 spiro atoms. The van der Waals surface area contributed by atoms with E-state index < -0.39 is 4.92 Å². The lowest BCUT2D eigenvalue weighted by molar-refractivity contribution is -0.384. The first-order valence-corrected chi connectivity index (χ1v) is 8.28. The van der Waals surface area contributed by atoms with Crippen LogP contribution in [-0.2, 0) is 0 Å². The number of nitro benzene ring substituents is 1. The Balaban J connectivity index is 1.74. The van der Waals surface area contributed by atoms with Gasteiger partial charge in [-0.15, -0.1) is 0 Å². The molecular weight excluding hydrogens is 375 g/mol. The van der Waals surface area contributed by atoms with Crippen LogP contribution in [0.15, 0.2) is 71.7 Å². The Kier molecular flexibility index (Phi) is 5.51. The van der Waals surface area contributed by atoms with Crippen molar-refractivity contribution in [3.63, 3.8) is 0 Å². The number of nitro groups is 1. The van der Waals surface area contributed by atoms with E-state index in [9.17, 15) is 10.1 Å². The maximum Gasteiger partial charge on any atom is 0.270 e. The fourth-order valence-corrected chi connectivity index (χ4v) is 2.50. The topological polar surface area (TPSA) is 64.7 Å². The van der Waals surface area contributed by atoms with Crippen molar-refractivity contribution in [3.05, 3.63) is 92.5 Å². The molecule has 0 amide bonds. The molecule has 5 nitrogen and oxygen atoms in total. The molecule has 3 aromatic rings. The predicted octanol–water partition coefficient (Wildman–Crippen LogP) is 6.44. The van der Waals surface area contributed by atoms with Crippen LogP contribution in [0.2, 0.25) is 10.0 Å². The third-order valence-electron chi connectivity index (χ3n) is 3.41. The molecule has 0 N–H and O–H groups in total. The van der Waals surface area contributed by atoms with Crippen molar-refractivity contribution in [1.82, 2.24) is 0 Å². The molecular formula is C19H12Cl2N2O3. The number of aliphatic imine (C=N–C) groups is 1. The molecule has 130 valence electrons. The van der Waals surface area contributed by atoms with E-state index in [1.165, 1.54) is 24.4 Å². The Labute approximate surface area is 159 Å². The van der Waals surface area contributed by atoms with Crippen LogP contribution in [0, 0.1) is 10.1 Å². The molecule has 0 unspecified atom stereocenters. The van der Waals surface area contributed by atoms with Gasteiger partial charge in [0, 0.05) is 34.0 Å². The number of halogens is 2. The number of hydrogen-bond acceptors (Lipinski definition) is 4. The summed E-state index contributed by atoms with van der Waals surface area (Å²) in [4.78, 5) is 14.7. The van der Waals surface area contributed by atoms with Crippen LogP contribution in [0.1, 0.15) is 5.56 Å². The normalized spacial score (nSPS) is 10.8. The van der Waals surface area contributed by atoms with Crippen LogP contribution >= 0.6 is 23.2 Å². The maximum atomic E-state index is 10.8. The van der Waals surface area contributed by atoms with Gasteiger partial charge >= 0.3 is 0 Å². The zero-order chi connectivity index (χ0) is 18.5. The molecule has 3 rings (SSSR count). The van der Waals surface area contributed by atoms with Gasteiger partial charge in [-0.3, -0.25) is 15.1 Å². The Morgan fingerprint density at radius 1 is 0.962 bits per heavy atom. The van der Waals surface area contributed by atoms with E-state index in [2.05, 4.69) is 4.99 Å². The van der Waals surface area contributed by atoms with Gasteiger partial charge in [-0.25, -0.2) is 0 Å². The molecule has 0 saturated carbocycles. The lowest BCUT2D eigenvalue weighted by Crippen LogP contribution is -1.90. The first-order valence-electron chi connectivity index (χ1n) is 7.53. The van der Waals surface area contributed by atoms with Crippen LogP contribution in [0.25, 0.3) is 0 Å². The van der Waals surface area contributed by atoms with E-state index in [1.54, 1.807) is 42.5 Å². The maximum absolute atomic E-state index is 10.8. The summed E-state index contributed by atoms with van der Waals surface area (Å²) in [5.41, 5.74) is 1.09. The molecule has 26 heavy (non-hydrogen) atoms. The molecule has 0 atom stereocenters. The van der Waals surface area contributed by atoms with Crippen LogP contribution in [0.5, 0.6) is 11.5 Å². The molecule has 0 aliphatic rings. The zero-order valence-corrected chi connectivity index (χ0v) is 14.8. The van der Waals surface area contributed by atoms with Crippen LogP contribution in [0.3, 0.4) is 0 Å². The third kappa shape index (κ3) is 4.59. The van der Waals surface area contributed by atoms with Crippen molar-refractivity contribution in [2.24, 2.45) is 4.99 Å². The van der Waals surface area contributed by atoms with Crippen molar-refractivity contribution in [2.45, 2.75) is 0 Å². The molecule has 0 aliphatic heterocycles. The van der Waals surface area contributed by atoms with Crippen LogP contribution in [-0.4, -0.2) is 11.1 Å². The fourth-order valence-electron chi connectivity index (χ4n) is 2.15. The quantitative estimate of drug-likeness (QED) is 0.287. The van der Waals surface area contributed by atoms with Crippen molar-refractivity contribution in [1.29, 1.82) is 0 Å². The van der Waals surface area contributed by atoms with Crippen LogP contribution < -0.4 is 4.74 Å². The lowest BCUT2D eigenvalue weighted by atomic mass is 10.2. The standard InChI is InChI=1S/C19H12Cl2N2O3/c20-14-2-1-3-18(11-14)26-17-7-4-15(5-8-17)22-12-13-10-16(23(24)25)6-9-19(13)21/h1-12H. The van der Waals surface area contributed by atoms with E-state index in [4.69, 9.17) is 27.9 Å². The molecule has 7 heteroatoms. The highest BCUT2D eigenvalue weighted by Crippen LogP contribution is 2.26. The number of non-ortho nitro benzene ring substituents is 1. The van der Waals surface area contributed by atoms with Crippen molar-refractivity contribution < 1.29 is 9.66 Å². The average molecular weight is 387 g/mol. The minimum atomic E-state index is -0.477. The van der Waals surface area contributed by atoms with Crippen molar-refractivity contribution in [2.75, 3.05) is 0 Å². The first-order chi connectivity index (χ1) is 12.5. The van der Waals surface area contributed by atoms with Crippen molar-refractivity contribution in [3.8, 4) is 11.5 Å². The molecule has 0 bridgehead atoms. The molecule has 3 aromatic carbocycles. The highest BCUT2D eigenvalue weighted by Gasteiger charge is 2.08. The second kappa shape index (κ2) is 7.99. The first kappa shape index (κ1) is 17.9. The zero-order valence-electron chi connectivity index (χ0n) is 13.3. The van der Waals surface area contributed by atoms with E-state index in [0.29, 0.717) is 32.8 Å². The minimum absolute atomic E-state index is 0.0406. The molecule has 0 aromatic heterocycles. The summed E-state index contributed by atoms with van der Waals surface area (Å²) in [5.74, 6) is 1.27. The summed E-state index contributed by atoms with van der Waals surface area (Å²) in [6, 6.07) is 18.4. The van der Waals surface area contributed by atoms with E-state index >= 15 is 0 Å². The lowest BCUT2D eigenvalue weighted by Gasteiger charge is -2.06. The molecule has 0 fully saturated rings. The number of hydrogen-bond donors (Lipinski definition) is 0. The van der Waals surface area contributed by atoms with Gasteiger partial charge < -0.3 is 4.74 Å². The monoisotopic (exact) mass is 386 g/mol.